The van der Waals surface area contributed by atoms with Crippen LogP contribution in [0.15, 0.2) is 29.3 Å². The maximum atomic E-state index is 12.6. The average molecular weight is 415 g/mol. The normalized spacial score (nSPS) is 24.4. The monoisotopic (exact) mass is 415 g/mol. The highest BCUT2D eigenvalue weighted by molar-refractivity contribution is 5.80. The molecule has 0 spiro atoms. The van der Waals surface area contributed by atoms with Gasteiger partial charge in [0, 0.05) is 44.7 Å². The Bertz CT molecular complexity index is 678. The fraction of sp³-hybridized carbons (Fsp3) is 0.650. The van der Waals surface area contributed by atoms with Gasteiger partial charge in [0.15, 0.2) is 5.96 Å². The Kier molecular flexibility index (Phi) is 7.60. The Hall–Kier alpha value is -2.00. The summed E-state index contributed by atoms with van der Waals surface area (Å²) in [6, 6.07) is 6.31. The summed E-state index contributed by atoms with van der Waals surface area (Å²) < 4.78 is 52.9. The van der Waals surface area contributed by atoms with Gasteiger partial charge in [-0.1, -0.05) is 18.2 Å². The summed E-state index contributed by atoms with van der Waals surface area (Å²) in [7, 11) is 1.67. The van der Waals surface area contributed by atoms with E-state index in [0.717, 1.165) is 39.1 Å². The molecule has 162 valence electrons. The second-order valence-corrected chi connectivity index (χ2v) is 7.34. The molecule has 2 fully saturated rings. The summed E-state index contributed by atoms with van der Waals surface area (Å²) in [6.07, 6.45) is -2.07. The van der Waals surface area contributed by atoms with E-state index in [0.29, 0.717) is 30.6 Å². The van der Waals surface area contributed by atoms with Gasteiger partial charge in [-0.3, -0.25) is 4.99 Å². The number of halogens is 3. The van der Waals surface area contributed by atoms with Crippen molar-refractivity contribution in [2.45, 2.75) is 37.6 Å². The van der Waals surface area contributed by atoms with E-state index in [4.69, 9.17) is 9.47 Å². The first-order valence-electron chi connectivity index (χ1n) is 9.93. The third kappa shape index (κ3) is 7.08. The molecule has 0 radical (unpaired) electrons. The Balaban J connectivity index is 1.37. The van der Waals surface area contributed by atoms with E-state index < -0.39 is 6.36 Å². The van der Waals surface area contributed by atoms with Gasteiger partial charge in [0.1, 0.15) is 5.75 Å². The van der Waals surface area contributed by atoms with Crippen LogP contribution in [0, 0.1) is 5.92 Å². The molecule has 3 unspecified atom stereocenters. The fourth-order valence-electron chi connectivity index (χ4n) is 3.42. The quantitative estimate of drug-likeness (QED) is 0.369. The lowest BCUT2D eigenvalue weighted by molar-refractivity contribution is -0.274. The number of hydrogen-bond acceptors (Lipinski definition) is 4. The predicted molar refractivity (Wildman–Crippen MR) is 103 cm³/mol. The van der Waals surface area contributed by atoms with Crippen LogP contribution < -0.4 is 15.4 Å². The van der Waals surface area contributed by atoms with Crippen molar-refractivity contribution in [1.82, 2.24) is 10.6 Å². The molecule has 3 rings (SSSR count). The molecule has 1 saturated heterocycles. The van der Waals surface area contributed by atoms with E-state index in [1.807, 2.05) is 0 Å². The molecule has 6 nitrogen and oxygen atoms in total. The second kappa shape index (κ2) is 10.2. The van der Waals surface area contributed by atoms with E-state index >= 15 is 0 Å². The minimum absolute atomic E-state index is 0.0257. The van der Waals surface area contributed by atoms with Crippen LogP contribution in [0.25, 0.3) is 0 Å². The Morgan fingerprint density at radius 1 is 1.31 bits per heavy atom. The molecule has 1 aliphatic heterocycles. The summed E-state index contributed by atoms with van der Waals surface area (Å²) in [6.45, 7) is 3.71. The number of benzene rings is 1. The Labute approximate surface area is 168 Å². The van der Waals surface area contributed by atoms with Gasteiger partial charge in [-0.2, -0.15) is 0 Å². The van der Waals surface area contributed by atoms with Crippen molar-refractivity contribution in [2.24, 2.45) is 10.9 Å². The molecule has 1 aromatic rings. The summed E-state index contributed by atoms with van der Waals surface area (Å²) >= 11 is 0. The highest BCUT2D eigenvalue weighted by atomic mass is 19.4. The molecule has 0 aromatic heterocycles. The first kappa shape index (κ1) is 21.7. The lowest BCUT2D eigenvalue weighted by Gasteiger charge is -2.15. The first-order chi connectivity index (χ1) is 14.0. The molecular weight excluding hydrogens is 387 g/mol. The Morgan fingerprint density at radius 3 is 2.86 bits per heavy atom. The SMILES string of the molecule is CN=C(NCCCOCC1CCOC1)NC1CC1c1ccccc1OC(F)(F)F. The van der Waals surface area contributed by atoms with Crippen molar-refractivity contribution in [3.05, 3.63) is 29.8 Å². The molecule has 2 N–H and O–H groups in total. The van der Waals surface area contributed by atoms with Crippen molar-refractivity contribution in [2.75, 3.05) is 40.0 Å². The van der Waals surface area contributed by atoms with Gasteiger partial charge >= 0.3 is 6.36 Å². The number of aliphatic imine (C=N–C) groups is 1. The largest absolute Gasteiger partial charge is 0.573 e. The molecule has 0 bridgehead atoms. The standard InChI is InChI=1S/C20H28F3N3O3/c1-24-19(25-8-4-9-27-12-14-7-10-28-13-14)26-17-11-16(17)15-5-2-3-6-18(15)29-20(21,22)23/h2-3,5-6,14,16-17H,4,7-13H2,1H3,(H2,24,25,26). The average Bonchev–Trinajstić information content (AvgIpc) is 3.23. The minimum atomic E-state index is -4.70. The van der Waals surface area contributed by atoms with Gasteiger partial charge in [-0.05, 0) is 30.9 Å². The van der Waals surface area contributed by atoms with Crippen LogP contribution in [0.3, 0.4) is 0 Å². The summed E-state index contributed by atoms with van der Waals surface area (Å²) in [5, 5.41) is 6.48. The first-order valence-corrected chi connectivity index (χ1v) is 9.93. The Morgan fingerprint density at radius 2 is 2.14 bits per heavy atom. The third-order valence-electron chi connectivity index (χ3n) is 5.02. The second-order valence-electron chi connectivity index (χ2n) is 7.34. The number of nitrogens with one attached hydrogen (secondary N) is 2. The zero-order valence-electron chi connectivity index (χ0n) is 16.5. The molecule has 29 heavy (non-hydrogen) atoms. The van der Waals surface area contributed by atoms with Gasteiger partial charge < -0.3 is 24.8 Å². The zero-order chi connectivity index (χ0) is 20.7. The van der Waals surface area contributed by atoms with E-state index in [1.54, 1.807) is 19.2 Å². The maximum Gasteiger partial charge on any atom is 0.573 e. The smallest absolute Gasteiger partial charge is 0.405 e. The number of para-hydroxylation sites is 1. The number of nitrogens with zero attached hydrogens (tertiary/aromatic N) is 1. The van der Waals surface area contributed by atoms with Crippen LogP contribution in [0.2, 0.25) is 0 Å². The van der Waals surface area contributed by atoms with Gasteiger partial charge in [-0.25, -0.2) is 0 Å². The molecule has 2 aliphatic rings. The molecule has 3 atom stereocenters. The third-order valence-corrected chi connectivity index (χ3v) is 5.02. The van der Waals surface area contributed by atoms with Crippen LogP contribution in [-0.2, 0) is 9.47 Å². The topological polar surface area (TPSA) is 64.1 Å². The van der Waals surface area contributed by atoms with E-state index in [-0.39, 0.29) is 17.7 Å². The number of alkyl halides is 3. The van der Waals surface area contributed by atoms with Crippen molar-refractivity contribution in [1.29, 1.82) is 0 Å². The van der Waals surface area contributed by atoms with Crippen molar-refractivity contribution < 1.29 is 27.4 Å². The van der Waals surface area contributed by atoms with E-state index in [1.165, 1.54) is 12.1 Å². The maximum absolute atomic E-state index is 12.6. The highest BCUT2D eigenvalue weighted by Gasteiger charge is 2.42. The van der Waals surface area contributed by atoms with Gasteiger partial charge in [0.2, 0.25) is 0 Å². The van der Waals surface area contributed by atoms with Crippen LogP contribution in [0.5, 0.6) is 5.75 Å². The van der Waals surface area contributed by atoms with Gasteiger partial charge in [0.25, 0.3) is 0 Å². The fourth-order valence-corrected chi connectivity index (χ4v) is 3.42. The van der Waals surface area contributed by atoms with Crippen molar-refractivity contribution >= 4 is 5.96 Å². The number of guanidine groups is 1. The molecule has 1 aromatic carbocycles. The van der Waals surface area contributed by atoms with Gasteiger partial charge in [0.05, 0.1) is 13.2 Å². The summed E-state index contributed by atoms with van der Waals surface area (Å²) in [5.41, 5.74) is 0.557. The van der Waals surface area contributed by atoms with Crippen molar-refractivity contribution in [3.63, 3.8) is 0 Å². The molecule has 1 aliphatic carbocycles. The zero-order valence-corrected chi connectivity index (χ0v) is 16.5. The predicted octanol–water partition coefficient (Wildman–Crippen LogP) is 3.05. The molecule has 1 saturated carbocycles. The summed E-state index contributed by atoms with van der Waals surface area (Å²) in [5.74, 6) is 0.968. The van der Waals surface area contributed by atoms with Crippen LogP contribution in [-0.4, -0.2) is 58.4 Å². The lowest BCUT2D eigenvalue weighted by atomic mass is 10.1. The van der Waals surface area contributed by atoms with Gasteiger partial charge in [-0.15, -0.1) is 13.2 Å². The van der Waals surface area contributed by atoms with Crippen LogP contribution >= 0.6 is 0 Å². The summed E-state index contributed by atoms with van der Waals surface area (Å²) in [4.78, 5) is 4.18. The van der Waals surface area contributed by atoms with Crippen LogP contribution in [0.4, 0.5) is 13.2 Å². The molecule has 0 amide bonds. The number of rotatable bonds is 9. The number of hydrogen-bond donors (Lipinski definition) is 2. The van der Waals surface area contributed by atoms with Crippen LogP contribution in [0.1, 0.15) is 30.7 Å². The molecular formula is C20H28F3N3O3. The minimum Gasteiger partial charge on any atom is -0.405 e. The van der Waals surface area contributed by atoms with E-state index in [9.17, 15) is 13.2 Å². The van der Waals surface area contributed by atoms with Crippen molar-refractivity contribution in [3.8, 4) is 5.75 Å². The molecule has 9 heteroatoms. The number of ether oxygens (including phenoxy) is 3. The lowest BCUT2D eigenvalue weighted by Crippen LogP contribution is -2.39. The molecule has 1 heterocycles. The van der Waals surface area contributed by atoms with E-state index in [2.05, 4.69) is 20.4 Å². The highest BCUT2D eigenvalue weighted by Crippen LogP contribution is 2.45.